The Morgan fingerprint density at radius 1 is 1.54 bits per heavy atom. The zero-order chi connectivity index (χ0) is 9.84. The Hall–Kier alpha value is -0.150. The third-order valence-corrected chi connectivity index (χ3v) is 4.24. The van der Waals surface area contributed by atoms with Crippen LogP contribution in [0.25, 0.3) is 0 Å². The highest BCUT2D eigenvalue weighted by Crippen LogP contribution is 2.32. The molecule has 1 aromatic heterocycles. The number of aryl methyl sites for hydroxylation is 1. The van der Waals surface area contributed by atoms with E-state index in [9.17, 15) is 0 Å². The quantitative estimate of drug-likeness (QED) is 0.776. The summed E-state index contributed by atoms with van der Waals surface area (Å²) in [4.78, 5) is 1.36. The van der Waals surface area contributed by atoms with Crippen molar-refractivity contribution in [1.82, 2.24) is 0 Å². The molecule has 0 aliphatic rings. The van der Waals surface area contributed by atoms with Gasteiger partial charge < -0.3 is 5.73 Å². The Morgan fingerprint density at radius 2 is 2.23 bits per heavy atom. The van der Waals surface area contributed by atoms with Gasteiger partial charge in [0, 0.05) is 10.6 Å². The Bertz CT molecular complexity index is 266. The fraction of sp³-hybridized carbons (Fsp3) is 0.600. The lowest BCUT2D eigenvalue weighted by atomic mass is 10.1. The van der Waals surface area contributed by atoms with E-state index in [-0.39, 0.29) is 0 Å². The second-order valence-electron chi connectivity index (χ2n) is 3.58. The van der Waals surface area contributed by atoms with Crippen LogP contribution in [0.2, 0.25) is 0 Å². The van der Waals surface area contributed by atoms with E-state index in [0.717, 1.165) is 18.0 Å². The Balaban J connectivity index is 2.60. The van der Waals surface area contributed by atoms with Crippen molar-refractivity contribution in [3.63, 3.8) is 0 Å². The van der Waals surface area contributed by atoms with Gasteiger partial charge in [-0.2, -0.15) is 0 Å². The van der Waals surface area contributed by atoms with Crippen LogP contribution in [0.5, 0.6) is 0 Å². The van der Waals surface area contributed by atoms with Crippen molar-refractivity contribution in [2.45, 2.75) is 30.9 Å². The highest BCUT2D eigenvalue weighted by Gasteiger charge is 2.06. The van der Waals surface area contributed by atoms with E-state index in [2.05, 4.69) is 26.2 Å². The smallest absolute Gasteiger partial charge is 0.0620 e. The SMILES string of the molecule is CSc1cc(N)c(CCC(C)C)s1. The van der Waals surface area contributed by atoms with Crippen LogP contribution < -0.4 is 5.73 Å². The van der Waals surface area contributed by atoms with Crippen LogP contribution in [0.1, 0.15) is 25.1 Å². The average molecular weight is 215 g/mol. The van der Waals surface area contributed by atoms with Gasteiger partial charge in [0.25, 0.3) is 0 Å². The number of hydrogen-bond acceptors (Lipinski definition) is 3. The second-order valence-corrected chi connectivity index (χ2v) is 5.82. The summed E-state index contributed by atoms with van der Waals surface area (Å²) < 4.78 is 1.33. The average Bonchev–Trinajstić information content (AvgIpc) is 2.43. The van der Waals surface area contributed by atoms with Crippen LogP contribution in [0, 0.1) is 5.92 Å². The first-order valence-corrected chi connectivity index (χ1v) is 6.59. The van der Waals surface area contributed by atoms with Crippen molar-refractivity contribution in [1.29, 1.82) is 0 Å². The van der Waals surface area contributed by atoms with E-state index in [1.165, 1.54) is 15.5 Å². The van der Waals surface area contributed by atoms with Gasteiger partial charge in [-0.3, -0.25) is 0 Å². The number of anilines is 1. The highest BCUT2D eigenvalue weighted by molar-refractivity contribution is 8.00. The van der Waals surface area contributed by atoms with Crippen LogP contribution >= 0.6 is 23.1 Å². The molecule has 0 aliphatic carbocycles. The molecule has 2 N–H and O–H groups in total. The number of thioether (sulfide) groups is 1. The number of thiophene rings is 1. The fourth-order valence-electron chi connectivity index (χ4n) is 1.13. The van der Waals surface area contributed by atoms with Gasteiger partial charge in [0.15, 0.2) is 0 Å². The van der Waals surface area contributed by atoms with E-state index < -0.39 is 0 Å². The van der Waals surface area contributed by atoms with Gasteiger partial charge in [0.2, 0.25) is 0 Å². The molecule has 0 unspecified atom stereocenters. The Kier molecular flexibility index (Phi) is 4.13. The summed E-state index contributed by atoms with van der Waals surface area (Å²) in [6.07, 6.45) is 4.46. The summed E-state index contributed by atoms with van der Waals surface area (Å²) in [6.45, 7) is 4.50. The minimum Gasteiger partial charge on any atom is -0.398 e. The van der Waals surface area contributed by atoms with Crippen LogP contribution in [-0.2, 0) is 6.42 Å². The van der Waals surface area contributed by atoms with Gasteiger partial charge in [0.05, 0.1) is 4.21 Å². The van der Waals surface area contributed by atoms with Crippen molar-refractivity contribution < 1.29 is 0 Å². The van der Waals surface area contributed by atoms with Gasteiger partial charge in [-0.25, -0.2) is 0 Å². The largest absolute Gasteiger partial charge is 0.398 e. The van der Waals surface area contributed by atoms with Crippen molar-refractivity contribution in [2.24, 2.45) is 5.92 Å². The molecule has 0 radical (unpaired) electrons. The molecule has 0 fully saturated rings. The van der Waals surface area contributed by atoms with E-state index in [1.807, 2.05) is 11.3 Å². The number of nitrogens with two attached hydrogens (primary N) is 1. The van der Waals surface area contributed by atoms with Crippen molar-refractivity contribution in [3.8, 4) is 0 Å². The van der Waals surface area contributed by atoms with Gasteiger partial charge in [0.1, 0.15) is 0 Å². The minimum atomic E-state index is 0.763. The molecular formula is C10H17NS2. The molecule has 74 valence electrons. The molecule has 3 heteroatoms. The van der Waals surface area contributed by atoms with Crippen LogP contribution in [0.4, 0.5) is 5.69 Å². The van der Waals surface area contributed by atoms with Crippen molar-refractivity contribution in [3.05, 3.63) is 10.9 Å². The summed E-state index contributed by atoms with van der Waals surface area (Å²) in [7, 11) is 0. The summed E-state index contributed by atoms with van der Waals surface area (Å²) in [5, 5.41) is 0. The first-order valence-electron chi connectivity index (χ1n) is 4.55. The summed E-state index contributed by atoms with van der Waals surface area (Å²) in [6, 6.07) is 2.09. The molecule has 0 aromatic carbocycles. The maximum atomic E-state index is 5.90. The predicted molar refractivity (Wildman–Crippen MR) is 63.7 cm³/mol. The fourth-order valence-corrected chi connectivity index (χ4v) is 2.84. The Labute approximate surface area is 88.7 Å². The maximum Gasteiger partial charge on any atom is 0.0620 e. The van der Waals surface area contributed by atoms with E-state index in [0.29, 0.717) is 0 Å². The van der Waals surface area contributed by atoms with Crippen molar-refractivity contribution in [2.75, 3.05) is 12.0 Å². The van der Waals surface area contributed by atoms with Crippen LogP contribution in [0.3, 0.4) is 0 Å². The Morgan fingerprint density at radius 3 is 2.69 bits per heavy atom. The van der Waals surface area contributed by atoms with Crippen molar-refractivity contribution >= 4 is 28.8 Å². The lowest BCUT2D eigenvalue weighted by Gasteiger charge is -2.02. The van der Waals surface area contributed by atoms with Gasteiger partial charge in [-0.15, -0.1) is 23.1 Å². The normalized spacial score (nSPS) is 11.1. The standard InChI is InChI=1S/C10H17NS2/c1-7(2)4-5-9-8(11)6-10(12-3)13-9/h6-7H,4-5,11H2,1-3H3. The summed E-state index contributed by atoms with van der Waals surface area (Å²) >= 11 is 3.62. The molecule has 1 nitrogen and oxygen atoms in total. The first-order chi connectivity index (χ1) is 6.13. The molecule has 0 spiro atoms. The first kappa shape index (κ1) is 10.9. The monoisotopic (exact) mass is 215 g/mol. The predicted octanol–water partition coefficient (Wildman–Crippen LogP) is 3.64. The zero-order valence-electron chi connectivity index (χ0n) is 8.46. The van der Waals surface area contributed by atoms with Crippen LogP contribution in [-0.4, -0.2) is 6.26 Å². The number of nitrogen functional groups attached to an aromatic ring is 1. The lowest BCUT2D eigenvalue weighted by Crippen LogP contribution is -1.93. The molecule has 0 aliphatic heterocycles. The summed E-state index contributed by atoms with van der Waals surface area (Å²) in [5.74, 6) is 0.763. The molecule has 0 atom stereocenters. The highest BCUT2D eigenvalue weighted by atomic mass is 32.2. The van der Waals surface area contributed by atoms with E-state index in [1.54, 1.807) is 11.8 Å². The second kappa shape index (κ2) is 4.91. The topological polar surface area (TPSA) is 26.0 Å². The van der Waals surface area contributed by atoms with E-state index >= 15 is 0 Å². The number of hydrogen-bond donors (Lipinski definition) is 1. The number of rotatable bonds is 4. The molecule has 0 bridgehead atoms. The molecular weight excluding hydrogens is 198 g/mol. The van der Waals surface area contributed by atoms with Gasteiger partial charge >= 0.3 is 0 Å². The lowest BCUT2D eigenvalue weighted by molar-refractivity contribution is 0.590. The molecule has 0 saturated carbocycles. The molecule has 13 heavy (non-hydrogen) atoms. The summed E-state index contributed by atoms with van der Waals surface area (Å²) in [5.41, 5.74) is 6.88. The molecule has 0 amide bonds. The maximum absolute atomic E-state index is 5.90. The minimum absolute atomic E-state index is 0.763. The third-order valence-electron chi connectivity index (χ3n) is 1.97. The van der Waals surface area contributed by atoms with E-state index in [4.69, 9.17) is 5.73 Å². The zero-order valence-corrected chi connectivity index (χ0v) is 10.1. The molecule has 0 saturated heterocycles. The van der Waals surface area contributed by atoms with Crippen LogP contribution in [0.15, 0.2) is 10.3 Å². The van der Waals surface area contributed by atoms with Gasteiger partial charge in [-0.05, 0) is 31.1 Å². The van der Waals surface area contributed by atoms with Gasteiger partial charge in [-0.1, -0.05) is 13.8 Å². The third kappa shape index (κ3) is 3.24. The molecule has 1 aromatic rings. The molecule has 1 heterocycles. The molecule has 1 rings (SSSR count).